The minimum atomic E-state index is -0.0235. The maximum Gasteiger partial charge on any atom is 0.308 e. The Balaban J connectivity index is 2.37. The Morgan fingerprint density at radius 3 is 2.58 bits per heavy atom. The molecule has 0 spiro atoms. The van der Waals surface area contributed by atoms with Gasteiger partial charge in [0.05, 0.1) is 12.5 Å². The van der Waals surface area contributed by atoms with Gasteiger partial charge in [0, 0.05) is 4.90 Å². The summed E-state index contributed by atoms with van der Waals surface area (Å²) < 4.78 is 5.16. The lowest BCUT2D eigenvalue weighted by Gasteiger charge is -2.14. The molecule has 1 aromatic rings. The fraction of sp³-hybridized carbons (Fsp3) is 0.562. The molecule has 0 aliphatic rings. The second kappa shape index (κ2) is 9.90. The second-order valence-electron chi connectivity index (χ2n) is 4.54. The molecule has 0 bridgehead atoms. The van der Waals surface area contributed by atoms with Crippen LogP contribution in [-0.2, 0) is 9.53 Å². The zero-order chi connectivity index (χ0) is 13.9. The molecule has 106 valence electrons. The SMILES string of the molecule is CCCC[C@@H](CCSc1ccccc1)C(=O)OCC. The third kappa shape index (κ3) is 6.67. The van der Waals surface area contributed by atoms with Gasteiger partial charge in [-0.1, -0.05) is 38.0 Å². The number of esters is 1. The van der Waals surface area contributed by atoms with Crippen molar-refractivity contribution >= 4 is 17.7 Å². The molecule has 0 radical (unpaired) electrons. The Bertz CT molecular complexity index is 351. The smallest absolute Gasteiger partial charge is 0.308 e. The van der Waals surface area contributed by atoms with Crippen LogP contribution in [0, 0.1) is 5.92 Å². The van der Waals surface area contributed by atoms with Crippen molar-refractivity contribution in [2.24, 2.45) is 5.92 Å². The maximum absolute atomic E-state index is 11.9. The fourth-order valence-corrected chi connectivity index (χ4v) is 2.91. The first-order valence-electron chi connectivity index (χ1n) is 7.12. The number of thioether (sulfide) groups is 1. The van der Waals surface area contributed by atoms with E-state index in [0.29, 0.717) is 6.61 Å². The predicted octanol–water partition coefficient (Wildman–Crippen LogP) is 4.54. The molecule has 0 unspecified atom stereocenters. The Morgan fingerprint density at radius 2 is 1.95 bits per heavy atom. The normalized spacial score (nSPS) is 12.1. The summed E-state index contributed by atoms with van der Waals surface area (Å²) in [7, 11) is 0. The van der Waals surface area contributed by atoms with Crippen LogP contribution in [0.1, 0.15) is 39.5 Å². The van der Waals surface area contributed by atoms with Crippen molar-refractivity contribution in [3.63, 3.8) is 0 Å². The van der Waals surface area contributed by atoms with Gasteiger partial charge in [-0.3, -0.25) is 4.79 Å². The fourth-order valence-electron chi connectivity index (χ4n) is 1.93. The first-order chi connectivity index (χ1) is 9.27. The second-order valence-corrected chi connectivity index (χ2v) is 5.71. The van der Waals surface area contributed by atoms with Gasteiger partial charge < -0.3 is 4.74 Å². The van der Waals surface area contributed by atoms with E-state index >= 15 is 0 Å². The molecule has 0 N–H and O–H groups in total. The average Bonchev–Trinajstić information content (AvgIpc) is 2.44. The highest BCUT2D eigenvalue weighted by molar-refractivity contribution is 7.99. The predicted molar refractivity (Wildman–Crippen MR) is 81.4 cm³/mol. The van der Waals surface area contributed by atoms with Crippen LogP contribution in [-0.4, -0.2) is 18.3 Å². The van der Waals surface area contributed by atoms with E-state index in [1.807, 2.05) is 36.9 Å². The van der Waals surface area contributed by atoms with Gasteiger partial charge in [-0.25, -0.2) is 0 Å². The van der Waals surface area contributed by atoms with E-state index in [-0.39, 0.29) is 11.9 Å². The maximum atomic E-state index is 11.9. The van der Waals surface area contributed by atoms with Gasteiger partial charge >= 0.3 is 5.97 Å². The highest BCUT2D eigenvalue weighted by Crippen LogP contribution is 2.23. The molecule has 0 aliphatic carbocycles. The van der Waals surface area contributed by atoms with E-state index in [9.17, 15) is 4.79 Å². The zero-order valence-electron chi connectivity index (χ0n) is 11.9. The average molecular weight is 280 g/mol. The molecule has 0 aliphatic heterocycles. The molecule has 0 heterocycles. The molecule has 3 heteroatoms. The molecule has 0 saturated heterocycles. The van der Waals surface area contributed by atoms with Gasteiger partial charge in [-0.05, 0) is 37.7 Å². The first-order valence-corrected chi connectivity index (χ1v) is 8.11. The van der Waals surface area contributed by atoms with Crippen molar-refractivity contribution in [1.82, 2.24) is 0 Å². The summed E-state index contributed by atoms with van der Waals surface area (Å²) in [5, 5.41) is 0. The zero-order valence-corrected chi connectivity index (χ0v) is 12.7. The number of hydrogen-bond acceptors (Lipinski definition) is 3. The van der Waals surface area contributed by atoms with Crippen molar-refractivity contribution in [2.45, 2.75) is 44.4 Å². The van der Waals surface area contributed by atoms with Crippen molar-refractivity contribution < 1.29 is 9.53 Å². The topological polar surface area (TPSA) is 26.3 Å². The van der Waals surface area contributed by atoms with Gasteiger partial charge in [0.15, 0.2) is 0 Å². The molecule has 0 fully saturated rings. The van der Waals surface area contributed by atoms with Crippen molar-refractivity contribution in [3.8, 4) is 0 Å². The molecule has 0 aromatic heterocycles. The number of hydrogen-bond donors (Lipinski definition) is 0. The van der Waals surface area contributed by atoms with E-state index in [2.05, 4.69) is 19.1 Å². The van der Waals surface area contributed by atoms with Gasteiger partial charge in [-0.2, -0.15) is 0 Å². The summed E-state index contributed by atoms with van der Waals surface area (Å²) in [5.41, 5.74) is 0. The summed E-state index contributed by atoms with van der Waals surface area (Å²) >= 11 is 1.81. The monoisotopic (exact) mass is 280 g/mol. The molecule has 0 amide bonds. The Hall–Kier alpha value is -0.960. The minimum Gasteiger partial charge on any atom is -0.466 e. The number of ether oxygens (including phenoxy) is 1. The molecule has 19 heavy (non-hydrogen) atoms. The van der Waals surface area contributed by atoms with Crippen LogP contribution in [0.2, 0.25) is 0 Å². The minimum absolute atomic E-state index is 0.0235. The van der Waals surface area contributed by atoms with E-state index in [1.54, 1.807) is 0 Å². The number of carbonyl (C=O) groups excluding carboxylic acids is 1. The van der Waals surface area contributed by atoms with Crippen molar-refractivity contribution in [2.75, 3.05) is 12.4 Å². The molecular weight excluding hydrogens is 256 g/mol. The van der Waals surface area contributed by atoms with Crippen LogP contribution in [0.25, 0.3) is 0 Å². The number of rotatable bonds is 9. The van der Waals surface area contributed by atoms with Crippen LogP contribution < -0.4 is 0 Å². The summed E-state index contributed by atoms with van der Waals surface area (Å²) in [4.78, 5) is 13.1. The van der Waals surface area contributed by atoms with E-state index in [0.717, 1.165) is 31.4 Å². The highest BCUT2D eigenvalue weighted by atomic mass is 32.2. The highest BCUT2D eigenvalue weighted by Gasteiger charge is 2.18. The largest absolute Gasteiger partial charge is 0.466 e. The Morgan fingerprint density at radius 1 is 1.21 bits per heavy atom. The van der Waals surface area contributed by atoms with E-state index in [4.69, 9.17) is 4.74 Å². The summed E-state index contributed by atoms with van der Waals surface area (Å²) in [6.07, 6.45) is 4.07. The molecule has 1 rings (SSSR count). The summed E-state index contributed by atoms with van der Waals surface area (Å²) in [5.74, 6) is 1.01. The molecule has 1 aromatic carbocycles. The lowest BCUT2D eigenvalue weighted by atomic mass is 10.00. The Kier molecular flexibility index (Phi) is 8.39. The van der Waals surface area contributed by atoms with Crippen LogP contribution in [0.15, 0.2) is 35.2 Å². The third-order valence-corrected chi connectivity index (χ3v) is 4.05. The standard InChI is InChI=1S/C16H24O2S/c1-3-5-9-14(16(17)18-4-2)12-13-19-15-10-7-6-8-11-15/h6-8,10-11,14H,3-5,9,12-13H2,1-2H3/t14-/m0/s1. The molecular formula is C16H24O2S. The molecule has 1 atom stereocenters. The molecule has 2 nitrogen and oxygen atoms in total. The van der Waals surface area contributed by atoms with Gasteiger partial charge in [0.2, 0.25) is 0 Å². The van der Waals surface area contributed by atoms with Crippen molar-refractivity contribution in [3.05, 3.63) is 30.3 Å². The third-order valence-electron chi connectivity index (χ3n) is 3.00. The van der Waals surface area contributed by atoms with Gasteiger partial charge in [0.25, 0.3) is 0 Å². The van der Waals surface area contributed by atoms with Gasteiger partial charge in [-0.15, -0.1) is 11.8 Å². The Labute approximate surface area is 120 Å². The number of unbranched alkanes of at least 4 members (excludes halogenated alkanes) is 1. The number of carbonyl (C=O) groups is 1. The van der Waals surface area contributed by atoms with Crippen LogP contribution in [0.3, 0.4) is 0 Å². The lowest BCUT2D eigenvalue weighted by molar-refractivity contribution is -0.148. The van der Waals surface area contributed by atoms with Gasteiger partial charge in [0.1, 0.15) is 0 Å². The quantitative estimate of drug-likeness (QED) is 0.491. The van der Waals surface area contributed by atoms with E-state index in [1.165, 1.54) is 4.90 Å². The summed E-state index contributed by atoms with van der Waals surface area (Å²) in [6, 6.07) is 10.3. The van der Waals surface area contributed by atoms with E-state index < -0.39 is 0 Å². The van der Waals surface area contributed by atoms with Crippen LogP contribution in [0.5, 0.6) is 0 Å². The van der Waals surface area contributed by atoms with Crippen LogP contribution in [0.4, 0.5) is 0 Å². The van der Waals surface area contributed by atoms with Crippen molar-refractivity contribution in [1.29, 1.82) is 0 Å². The van der Waals surface area contributed by atoms with Crippen LogP contribution >= 0.6 is 11.8 Å². The molecule has 0 saturated carbocycles. The first kappa shape index (κ1) is 16.1. The summed E-state index contributed by atoms with van der Waals surface area (Å²) in [6.45, 7) is 4.50. The number of benzene rings is 1. The lowest BCUT2D eigenvalue weighted by Crippen LogP contribution is -2.18.